The van der Waals surface area contributed by atoms with Crippen molar-refractivity contribution in [2.45, 2.75) is 12.5 Å². The van der Waals surface area contributed by atoms with Crippen LogP contribution in [0.1, 0.15) is 34.1 Å². The van der Waals surface area contributed by atoms with E-state index in [1.54, 1.807) is 48.4 Å². The van der Waals surface area contributed by atoms with Crippen molar-refractivity contribution < 1.29 is 18.9 Å². The van der Waals surface area contributed by atoms with Crippen molar-refractivity contribution in [2.24, 2.45) is 0 Å². The second-order valence-electron chi connectivity index (χ2n) is 6.77. The maximum Gasteiger partial charge on any atom is 0.290 e. The molecule has 2 heterocycles. The van der Waals surface area contributed by atoms with Crippen LogP contribution in [0.15, 0.2) is 57.7 Å². The highest BCUT2D eigenvalue weighted by Crippen LogP contribution is 2.38. The van der Waals surface area contributed by atoms with Gasteiger partial charge in [0.25, 0.3) is 11.6 Å². The summed E-state index contributed by atoms with van der Waals surface area (Å²) in [4.78, 5) is 38.4. The van der Waals surface area contributed by atoms with Crippen LogP contribution in [0.2, 0.25) is 0 Å². The summed E-state index contributed by atoms with van der Waals surface area (Å²) < 4.78 is 10.9. The molecule has 0 saturated carbocycles. The number of nitrogens with zero attached hydrogens (tertiary/aromatic N) is 2. The summed E-state index contributed by atoms with van der Waals surface area (Å²) in [5.41, 5.74) is 0.899. The Balaban J connectivity index is 1.88. The Bertz CT molecular complexity index is 1150. The van der Waals surface area contributed by atoms with Crippen LogP contribution < -0.4 is 5.43 Å². The molecule has 0 unspecified atom stereocenters. The van der Waals surface area contributed by atoms with Gasteiger partial charge >= 0.3 is 0 Å². The molecule has 3 aromatic rings. The molecular weight excluding hydrogens is 376 g/mol. The molecule has 8 heteroatoms. The number of nitro benzene ring substituents is 1. The van der Waals surface area contributed by atoms with Gasteiger partial charge in [-0.25, -0.2) is 0 Å². The van der Waals surface area contributed by atoms with Gasteiger partial charge in [-0.1, -0.05) is 12.1 Å². The Hall–Kier alpha value is -3.52. The third-order valence-electron chi connectivity index (χ3n) is 5.04. The lowest BCUT2D eigenvalue weighted by Gasteiger charge is -2.25. The molecule has 1 aliphatic rings. The SMILES string of the molecule is COCCCN1C(=O)c2oc3ccccc3c(=O)c2[C@H]1c1ccc([N+](=O)[O-])cc1. The van der Waals surface area contributed by atoms with E-state index in [0.29, 0.717) is 36.1 Å². The van der Waals surface area contributed by atoms with Crippen LogP contribution in [-0.4, -0.2) is 36.0 Å². The highest BCUT2D eigenvalue weighted by Gasteiger charge is 2.42. The average molecular weight is 394 g/mol. The number of fused-ring (bicyclic) bond motifs is 2. The molecule has 148 valence electrons. The first kappa shape index (κ1) is 18.8. The standard InChI is InChI=1S/C21H18N2O6/c1-28-12-4-11-22-18(13-7-9-14(10-8-13)23(26)27)17-19(24)15-5-2-3-6-16(15)29-20(17)21(22)25/h2-3,5-10,18H,4,11-12H2,1H3/t18-/m1/s1. The van der Waals surface area contributed by atoms with E-state index in [2.05, 4.69) is 0 Å². The van der Waals surface area contributed by atoms with Gasteiger partial charge in [-0.2, -0.15) is 0 Å². The number of hydrogen-bond acceptors (Lipinski definition) is 6. The smallest absolute Gasteiger partial charge is 0.290 e. The zero-order chi connectivity index (χ0) is 20.5. The van der Waals surface area contributed by atoms with Crippen molar-refractivity contribution in [1.82, 2.24) is 4.90 Å². The normalized spacial score (nSPS) is 15.7. The number of benzene rings is 2. The first-order valence-electron chi connectivity index (χ1n) is 9.13. The second-order valence-corrected chi connectivity index (χ2v) is 6.77. The molecule has 0 bridgehead atoms. The summed E-state index contributed by atoms with van der Waals surface area (Å²) >= 11 is 0. The third kappa shape index (κ3) is 3.17. The Kier molecular flexibility index (Phi) is 4.85. The Morgan fingerprint density at radius 3 is 2.55 bits per heavy atom. The van der Waals surface area contributed by atoms with Crippen LogP contribution in [0.3, 0.4) is 0 Å². The molecule has 4 rings (SSSR count). The van der Waals surface area contributed by atoms with E-state index in [9.17, 15) is 19.7 Å². The second kappa shape index (κ2) is 7.48. The summed E-state index contributed by atoms with van der Waals surface area (Å²) in [6.45, 7) is 0.810. The fourth-order valence-corrected chi connectivity index (χ4v) is 3.70. The number of non-ortho nitro benzene ring substituents is 1. The lowest BCUT2D eigenvalue weighted by molar-refractivity contribution is -0.384. The number of rotatable bonds is 6. The molecule has 0 N–H and O–H groups in total. The van der Waals surface area contributed by atoms with Gasteiger partial charge < -0.3 is 14.1 Å². The molecule has 29 heavy (non-hydrogen) atoms. The van der Waals surface area contributed by atoms with Crippen LogP contribution in [0.5, 0.6) is 0 Å². The molecule has 0 aliphatic carbocycles. The Labute approximate surface area is 165 Å². The summed E-state index contributed by atoms with van der Waals surface area (Å²) in [6, 6.07) is 12.0. The predicted octanol–water partition coefficient (Wildman–Crippen LogP) is 3.28. The minimum Gasteiger partial charge on any atom is -0.450 e. The van der Waals surface area contributed by atoms with Gasteiger partial charge in [0.1, 0.15) is 5.58 Å². The first-order valence-corrected chi connectivity index (χ1v) is 9.13. The zero-order valence-corrected chi connectivity index (χ0v) is 15.7. The lowest BCUT2D eigenvalue weighted by atomic mass is 9.98. The molecule has 0 fully saturated rings. The van der Waals surface area contributed by atoms with E-state index in [1.165, 1.54) is 12.1 Å². The quantitative estimate of drug-likeness (QED) is 0.361. The van der Waals surface area contributed by atoms with E-state index >= 15 is 0 Å². The number of carbonyl (C=O) groups excluding carboxylic acids is 1. The number of amides is 1. The van der Waals surface area contributed by atoms with Crippen LogP contribution >= 0.6 is 0 Å². The first-order chi connectivity index (χ1) is 14.0. The summed E-state index contributed by atoms with van der Waals surface area (Å²) in [6.07, 6.45) is 0.577. The third-order valence-corrected chi connectivity index (χ3v) is 5.04. The maximum atomic E-state index is 13.2. The summed E-state index contributed by atoms with van der Waals surface area (Å²) in [7, 11) is 1.58. The molecule has 0 radical (unpaired) electrons. The molecule has 1 aromatic heterocycles. The van der Waals surface area contributed by atoms with E-state index in [1.807, 2.05) is 0 Å². The Morgan fingerprint density at radius 1 is 1.14 bits per heavy atom. The van der Waals surface area contributed by atoms with Gasteiger partial charge in [0.05, 0.1) is 21.9 Å². The van der Waals surface area contributed by atoms with Crippen LogP contribution in [0, 0.1) is 10.1 Å². The fourth-order valence-electron chi connectivity index (χ4n) is 3.70. The van der Waals surface area contributed by atoms with Crippen molar-refractivity contribution in [3.8, 4) is 0 Å². The largest absolute Gasteiger partial charge is 0.450 e. The van der Waals surface area contributed by atoms with Crippen LogP contribution in [0.25, 0.3) is 11.0 Å². The molecule has 2 aromatic carbocycles. The molecule has 8 nitrogen and oxygen atoms in total. The molecule has 0 spiro atoms. The highest BCUT2D eigenvalue weighted by molar-refractivity contribution is 5.99. The van der Waals surface area contributed by atoms with Gasteiger partial charge in [-0.15, -0.1) is 0 Å². The minimum absolute atomic E-state index is 0.0227. The van der Waals surface area contributed by atoms with Gasteiger partial charge in [0.15, 0.2) is 5.43 Å². The van der Waals surface area contributed by atoms with E-state index < -0.39 is 11.0 Å². The van der Waals surface area contributed by atoms with Gasteiger partial charge in [0.2, 0.25) is 5.76 Å². The molecular formula is C21H18N2O6. The predicted molar refractivity (Wildman–Crippen MR) is 105 cm³/mol. The number of para-hydroxylation sites is 1. The van der Waals surface area contributed by atoms with Gasteiger partial charge in [-0.3, -0.25) is 19.7 Å². The van der Waals surface area contributed by atoms with Crippen LogP contribution in [0.4, 0.5) is 5.69 Å². The van der Waals surface area contributed by atoms with Crippen molar-refractivity contribution in [3.05, 3.63) is 85.8 Å². The fraction of sp³-hybridized carbons (Fsp3) is 0.238. The highest BCUT2D eigenvalue weighted by atomic mass is 16.6. The maximum absolute atomic E-state index is 13.2. The van der Waals surface area contributed by atoms with E-state index in [-0.39, 0.29) is 28.3 Å². The average Bonchev–Trinajstić information content (AvgIpc) is 3.01. The number of nitro groups is 1. The van der Waals surface area contributed by atoms with Crippen molar-refractivity contribution in [1.29, 1.82) is 0 Å². The molecule has 0 saturated heterocycles. The number of carbonyl (C=O) groups is 1. The zero-order valence-electron chi connectivity index (χ0n) is 15.7. The number of hydrogen-bond donors (Lipinski definition) is 0. The van der Waals surface area contributed by atoms with Gasteiger partial charge in [0, 0.05) is 32.4 Å². The minimum atomic E-state index is -0.670. The lowest BCUT2D eigenvalue weighted by Crippen LogP contribution is -2.31. The van der Waals surface area contributed by atoms with Gasteiger partial charge in [-0.05, 0) is 36.2 Å². The van der Waals surface area contributed by atoms with Crippen molar-refractivity contribution in [3.63, 3.8) is 0 Å². The molecule has 1 amide bonds. The summed E-state index contributed by atoms with van der Waals surface area (Å²) in [5.74, 6) is -0.350. The van der Waals surface area contributed by atoms with Crippen molar-refractivity contribution in [2.75, 3.05) is 20.3 Å². The summed E-state index contributed by atoms with van der Waals surface area (Å²) in [5, 5.41) is 11.4. The monoisotopic (exact) mass is 394 g/mol. The van der Waals surface area contributed by atoms with E-state index in [4.69, 9.17) is 9.15 Å². The number of ether oxygens (including phenoxy) is 1. The van der Waals surface area contributed by atoms with Crippen LogP contribution in [-0.2, 0) is 4.74 Å². The number of methoxy groups -OCH3 is 1. The topological polar surface area (TPSA) is 103 Å². The van der Waals surface area contributed by atoms with Crippen molar-refractivity contribution >= 4 is 22.6 Å². The molecule has 1 aliphatic heterocycles. The Morgan fingerprint density at radius 2 is 1.86 bits per heavy atom. The van der Waals surface area contributed by atoms with E-state index in [0.717, 1.165) is 0 Å². The molecule has 1 atom stereocenters.